The number of amides is 1. The smallest absolute Gasteiger partial charge is 0.273 e. The van der Waals surface area contributed by atoms with E-state index < -0.39 is 17.3 Å². The van der Waals surface area contributed by atoms with Crippen LogP contribution in [0.2, 0.25) is 0 Å². The van der Waals surface area contributed by atoms with Gasteiger partial charge in [-0.2, -0.15) is 5.26 Å². The van der Waals surface area contributed by atoms with Crippen LogP contribution in [0.1, 0.15) is 5.56 Å². The molecule has 0 saturated carbocycles. The van der Waals surface area contributed by atoms with E-state index in [-0.39, 0.29) is 20.3 Å². The minimum Gasteiger partial charge on any atom is -0.495 e. The molecule has 0 radical (unpaired) electrons. The Morgan fingerprint density at radius 3 is 2.58 bits per heavy atom. The highest BCUT2D eigenvalue weighted by molar-refractivity contribution is 7.07. The number of carbonyl (C=O) groups is 1. The van der Waals surface area contributed by atoms with Crippen molar-refractivity contribution in [2.24, 2.45) is 0 Å². The molecule has 1 saturated heterocycles. The molecule has 0 unspecified atom stereocenters. The van der Waals surface area contributed by atoms with Crippen LogP contribution in [-0.4, -0.2) is 48.8 Å². The first-order valence-corrected chi connectivity index (χ1v) is 11.0. The van der Waals surface area contributed by atoms with Crippen molar-refractivity contribution in [2.75, 3.05) is 33.4 Å². The second-order valence-corrected chi connectivity index (χ2v) is 8.17. The molecular formula is C24H20FN3O4S. The first kappa shape index (κ1) is 22.5. The number of methoxy groups -OCH3 is 1. The molecule has 1 aromatic heterocycles. The standard InChI is InChI=1S/C24H20FN3O4S/c1-31-20-9-5-4-8-19(20)28-23(30)21(14-16-6-2-3-7-18(16)25)33-24(28)17(15-26)22(29)27-10-12-32-13-11-27/h2-9,14H,10-13H2,1H3/b21-14+,24-17-. The molecular weight excluding hydrogens is 445 g/mol. The molecule has 0 N–H and O–H groups in total. The third-order valence-corrected chi connectivity index (χ3v) is 6.27. The van der Waals surface area contributed by atoms with Crippen molar-refractivity contribution in [1.29, 1.82) is 5.26 Å². The van der Waals surface area contributed by atoms with Crippen molar-refractivity contribution in [2.45, 2.75) is 0 Å². The maximum Gasteiger partial charge on any atom is 0.273 e. The number of para-hydroxylation sites is 2. The van der Waals surface area contributed by atoms with Crippen molar-refractivity contribution >= 4 is 28.9 Å². The quantitative estimate of drug-likeness (QED) is 0.582. The molecule has 1 aliphatic heterocycles. The van der Waals surface area contributed by atoms with Crippen molar-refractivity contribution in [1.82, 2.24) is 9.47 Å². The molecule has 2 aromatic carbocycles. The Kier molecular flexibility index (Phi) is 6.68. The Morgan fingerprint density at radius 1 is 1.18 bits per heavy atom. The van der Waals surface area contributed by atoms with Gasteiger partial charge in [0.15, 0.2) is 5.57 Å². The number of benzene rings is 2. The van der Waals surface area contributed by atoms with Crippen molar-refractivity contribution in [3.8, 4) is 17.5 Å². The SMILES string of the molecule is COc1ccccc1-n1c(=O)/c(=C\c2ccccc2F)s/c1=C(/C#N)C(=O)N1CCOCC1. The van der Waals surface area contributed by atoms with Crippen molar-refractivity contribution in [3.05, 3.63) is 79.5 Å². The van der Waals surface area contributed by atoms with Gasteiger partial charge in [-0.1, -0.05) is 30.3 Å². The van der Waals surface area contributed by atoms with Gasteiger partial charge in [0, 0.05) is 18.7 Å². The maximum absolute atomic E-state index is 14.3. The van der Waals surface area contributed by atoms with E-state index in [1.165, 1.54) is 28.7 Å². The normalized spacial score (nSPS) is 15.2. The summed E-state index contributed by atoms with van der Waals surface area (Å²) in [4.78, 5) is 28.2. The van der Waals surface area contributed by atoms with Crippen LogP contribution in [0.25, 0.3) is 17.3 Å². The average molecular weight is 466 g/mol. The summed E-state index contributed by atoms with van der Waals surface area (Å²) in [6, 6.07) is 14.9. The lowest BCUT2D eigenvalue weighted by Crippen LogP contribution is -2.42. The van der Waals surface area contributed by atoms with Crippen LogP contribution in [0.4, 0.5) is 4.39 Å². The molecule has 2 heterocycles. The van der Waals surface area contributed by atoms with Crippen LogP contribution >= 0.6 is 11.3 Å². The number of hydrogen-bond donors (Lipinski definition) is 0. The summed E-state index contributed by atoms with van der Waals surface area (Å²) in [6.45, 7) is 1.45. The topological polar surface area (TPSA) is 84.6 Å². The van der Waals surface area contributed by atoms with E-state index >= 15 is 0 Å². The first-order valence-electron chi connectivity index (χ1n) is 10.2. The monoisotopic (exact) mass is 465 g/mol. The summed E-state index contributed by atoms with van der Waals surface area (Å²) in [5, 5.41) is 9.94. The third kappa shape index (κ3) is 4.44. The van der Waals surface area contributed by atoms with Crippen LogP contribution in [0.5, 0.6) is 5.75 Å². The van der Waals surface area contributed by atoms with Crippen molar-refractivity contribution < 1.29 is 18.7 Å². The first-order chi connectivity index (χ1) is 16.0. The number of ether oxygens (including phenoxy) is 2. The third-order valence-electron chi connectivity index (χ3n) is 5.18. The minimum atomic E-state index is -0.483. The second-order valence-electron chi connectivity index (χ2n) is 7.14. The molecule has 0 spiro atoms. The lowest BCUT2D eigenvalue weighted by Gasteiger charge is -2.26. The molecule has 0 atom stereocenters. The number of morpholine rings is 1. The number of aromatic nitrogens is 1. The molecule has 1 amide bonds. The fourth-order valence-electron chi connectivity index (χ4n) is 3.53. The predicted molar refractivity (Wildman–Crippen MR) is 122 cm³/mol. The Bertz CT molecular complexity index is 1410. The van der Waals surface area contributed by atoms with E-state index in [9.17, 15) is 19.2 Å². The Hall–Kier alpha value is -3.74. The zero-order chi connectivity index (χ0) is 23.4. The molecule has 7 nitrogen and oxygen atoms in total. The Balaban J connectivity index is 2.04. The van der Waals surface area contributed by atoms with Gasteiger partial charge < -0.3 is 14.4 Å². The van der Waals surface area contributed by atoms with Crippen molar-refractivity contribution in [3.63, 3.8) is 0 Å². The van der Waals surface area contributed by atoms with E-state index in [1.807, 2.05) is 6.07 Å². The molecule has 4 rings (SSSR count). The largest absolute Gasteiger partial charge is 0.495 e. The van der Waals surface area contributed by atoms with Gasteiger partial charge in [0.1, 0.15) is 22.3 Å². The summed E-state index contributed by atoms with van der Waals surface area (Å²) < 4.78 is 26.6. The number of nitrogens with zero attached hydrogens (tertiary/aromatic N) is 3. The van der Waals surface area contributed by atoms with Gasteiger partial charge in [-0.25, -0.2) is 4.39 Å². The fourth-order valence-corrected chi connectivity index (χ4v) is 4.61. The zero-order valence-corrected chi connectivity index (χ0v) is 18.6. The number of nitriles is 1. The summed E-state index contributed by atoms with van der Waals surface area (Å²) in [6.07, 6.45) is 1.42. The Labute approximate surface area is 192 Å². The van der Waals surface area contributed by atoms with E-state index in [2.05, 4.69) is 0 Å². The lowest BCUT2D eigenvalue weighted by molar-refractivity contribution is -0.128. The molecule has 0 bridgehead atoms. The highest BCUT2D eigenvalue weighted by atomic mass is 32.1. The van der Waals surface area contributed by atoms with Gasteiger partial charge in [-0.05, 0) is 24.3 Å². The Morgan fingerprint density at radius 2 is 1.88 bits per heavy atom. The fraction of sp³-hybridized carbons (Fsp3) is 0.208. The van der Waals surface area contributed by atoms with E-state index in [4.69, 9.17) is 9.47 Å². The average Bonchev–Trinajstić information content (AvgIpc) is 3.16. The summed E-state index contributed by atoms with van der Waals surface area (Å²) in [7, 11) is 1.47. The van der Waals surface area contributed by atoms with Gasteiger partial charge in [-0.3, -0.25) is 14.2 Å². The molecule has 3 aromatic rings. The highest BCUT2D eigenvalue weighted by Gasteiger charge is 2.24. The van der Waals surface area contributed by atoms with Gasteiger partial charge in [0.05, 0.1) is 30.5 Å². The summed E-state index contributed by atoms with van der Waals surface area (Å²) in [5.41, 5.74) is -0.0390. The van der Waals surface area contributed by atoms with Gasteiger partial charge in [0.25, 0.3) is 11.5 Å². The lowest BCUT2D eigenvalue weighted by atomic mass is 10.2. The van der Waals surface area contributed by atoms with E-state index in [1.54, 1.807) is 42.5 Å². The van der Waals surface area contributed by atoms with Gasteiger partial charge >= 0.3 is 0 Å². The number of hydrogen-bond acceptors (Lipinski definition) is 6. The van der Waals surface area contributed by atoms with Gasteiger partial charge in [-0.15, -0.1) is 11.3 Å². The van der Waals surface area contributed by atoms with E-state index in [0.717, 1.165) is 11.3 Å². The molecule has 0 aliphatic carbocycles. The number of rotatable bonds is 4. The van der Waals surface area contributed by atoms with Crippen LogP contribution in [0, 0.1) is 17.1 Å². The molecule has 1 aliphatic rings. The van der Waals surface area contributed by atoms with Crippen LogP contribution in [0.3, 0.4) is 0 Å². The zero-order valence-electron chi connectivity index (χ0n) is 17.8. The summed E-state index contributed by atoms with van der Waals surface area (Å²) >= 11 is 0.963. The number of halogens is 1. The number of carbonyl (C=O) groups excluding carboxylic acids is 1. The molecule has 33 heavy (non-hydrogen) atoms. The molecule has 9 heteroatoms. The van der Waals surface area contributed by atoms with Crippen LogP contribution in [0.15, 0.2) is 53.3 Å². The highest BCUT2D eigenvalue weighted by Crippen LogP contribution is 2.20. The summed E-state index contributed by atoms with van der Waals surface area (Å²) in [5.74, 6) is -0.570. The van der Waals surface area contributed by atoms with Crippen LogP contribution < -0.4 is 19.5 Å². The van der Waals surface area contributed by atoms with Gasteiger partial charge in [0.2, 0.25) is 0 Å². The molecule has 168 valence electrons. The maximum atomic E-state index is 14.3. The predicted octanol–water partition coefficient (Wildman–Crippen LogP) is 1.41. The van der Waals surface area contributed by atoms with E-state index in [0.29, 0.717) is 37.7 Å². The molecule has 1 fully saturated rings. The second kappa shape index (κ2) is 9.81. The number of thiazole rings is 1. The van der Waals surface area contributed by atoms with Crippen LogP contribution in [-0.2, 0) is 9.53 Å². The minimum absolute atomic E-state index is 0.158.